The Bertz CT molecular complexity index is 1160. The Balaban J connectivity index is 1.28. The first-order valence-corrected chi connectivity index (χ1v) is 10.8. The molecule has 0 radical (unpaired) electrons. The SMILES string of the molecule is NC(=O)[C@]12C[C@@H]3O[C@@H]3[C@H]3OC(=O)[C@H]([C@H]31)N(Cc1ccccc1C#CCc1ccccc1)O2. The number of carbonyl (C=O) groups excluding carboxylic acids is 2. The first-order valence-electron chi connectivity index (χ1n) is 10.8. The summed E-state index contributed by atoms with van der Waals surface area (Å²) in [4.78, 5) is 31.5. The number of esters is 1. The van der Waals surface area contributed by atoms with Crippen LogP contribution < -0.4 is 5.73 Å². The fourth-order valence-electron chi connectivity index (χ4n) is 5.33. The second-order valence-corrected chi connectivity index (χ2v) is 8.76. The number of amides is 1. The third-order valence-electron chi connectivity index (χ3n) is 6.89. The van der Waals surface area contributed by atoms with E-state index in [0.717, 1.165) is 16.7 Å². The quantitative estimate of drug-likeness (QED) is 0.447. The van der Waals surface area contributed by atoms with Crippen LogP contribution in [0.3, 0.4) is 0 Å². The minimum absolute atomic E-state index is 0.161. The minimum atomic E-state index is -1.28. The number of carbonyl (C=O) groups is 2. The van der Waals surface area contributed by atoms with Crippen LogP contribution in [0.2, 0.25) is 0 Å². The standard InChI is InChI=1S/C25H22N2O5/c26-24(29)25-13-18-21(30-18)22-19(25)20(23(28)31-22)27(32-25)14-17-11-5-4-10-16(17)12-6-9-15-7-2-1-3-8-15/h1-5,7-8,10-11,18-22H,9,13-14H2,(H2,26,29)/t18-,19+,20-,21-,22-,25-/m0/s1. The third kappa shape index (κ3) is 2.95. The minimum Gasteiger partial charge on any atom is -0.458 e. The summed E-state index contributed by atoms with van der Waals surface area (Å²) in [5, 5.41) is 1.57. The lowest BCUT2D eigenvalue weighted by atomic mass is 9.72. The van der Waals surface area contributed by atoms with Gasteiger partial charge in [0.2, 0.25) is 0 Å². The van der Waals surface area contributed by atoms with Gasteiger partial charge in [-0.05, 0) is 17.2 Å². The van der Waals surface area contributed by atoms with Crippen molar-refractivity contribution in [2.24, 2.45) is 11.7 Å². The van der Waals surface area contributed by atoms with Crippen LogP contribution in [-0.2, 0) is 36.9 Å². The molecule has 3 heterocycles. The van der Waals surface area contributed by atoms with E-state index in [4.69, 9.17) is 20.0 Å². The molecule has 7 nitrogen and oxygen atoms in total. The van der Waals surface area contributed by atoms with Gasteiger partial charge in [0.1, 0.15) is 18.2 Å². The monoisotopic (exact) mass is 430 g/mol. The lowest BCUT2D eigenvalue weighted by molar-refractivity contribution is -0.227. The maximum absolute atomic E-state index is 12.8. The highest BCUT2D eigenvalue weighted by atomic mass is 16.7. The average Bonchev–Trinajstić information content (AvgIpc) is 3.36. The maximum atomic E-state index is 12.8. The number of benzene rings is 2. The molecule has 0 unspecified atom stereocenters. The molecule has 6 rings (SSSR count). The van der Waals surface area contributed by atoms with Crippen molar-refractivity contribution in [1.82, 2.24) is 5.06 Å². The van der Waals surface area contributed by atoms with Crippen LogP contribution in [0.25, 0.3) is 0 Å². The topological polar surface area (TPSA) is 94.4 Å². The van der Waals surface area contributed by atoms with Gasteiger partial charge < -0.3 is 15.2 Å². The van der Waals surface area contributed by atoms with E-state index in [1.165, 1.54) is 0 Å². The predicted octanol–water partition coefficient (Wildman–Crippen LogP) is 1.33. The van der Waals surface area contributed by atoms with Gasteiger partial charge in [-0.2, -0.15) is 5.06 Å². The number of hydroxylamine groups is 2. The number of rotatable bonds is 4. The molecule has 1 aliphatic carbocycles. The molecular weight excluding hydrogens is 408 g/mol. The average molecular weight is 430 g/mol. The Labute approximate surface area is 185 Å². The zero-order valence-electron chi connectivity index (χ0n) is 17.3. The number of hydrogen-bond acceptors (Lipinski definition) is 6. The molecule has 0 spiro atoms. The van der Waals surface area contributed by atoms with Gasteiger partial charge in [0.25, 0.3) is 5.91 Å². The van der Waals surface area contributed by atoms with Crippen LogP contribution in [0.1, 0.15) is 23.1 Å². The van der Waals surface area contributed by atoms with Gasteiger partial charge in [-0.3, -0.25) is 14.4 Å². The summed E-state index contributed by atoms with van der Waals surface area (Å²) < 4.78 is 11.2. The van der Waals surface area contributed by atoms with Gasteiger partial charge in [0.05, 0.1) is 18.6 Å². The molecular formula is C25H22N2O5. The highest BCUT2D eigenvalue weighted by molar-refractivity contribution is 5.89. The van der Waals surface area contributed by atoms with E-state index < -0.39 is 35.5 Å². The molecule has 3 aliphatic heterocycles. The number of epoxide rings is 1. The van der Waals surface area contributed by atoms with E-state index in [2.05, 4.69) is 11.8 Å². The van der Waals surface area contributed by atoms with Crippen molar-refractivity contribution >= 4 is 11.9 Å². The summed E-state index contributed by atoms with van der Waals surface area (Å²) in [5.74, 6) is 5.02. The molecule has 0 aromatic heterocycles. The van der Waals surface area contributed by atoms with Crippen LogP contribution in [0, 0.1) is 17.8 Å². The molecule has 2 aromatic carbocycles. The van der Waals surface area contributed by atoms with E-state index in [1.807, 2.05) is 54.6 Å². The summed E-state index contributed by atoms with van der Waals surface area (Å²) in [6, 6.07) is 17.1. The molecule has 2 N–H and O–H groups in total. The number of nitrogens with zero attached hydrogens (tertiary/aromatic N) is 1. The highest BCUT2D eigenvalue weighted by Gasteiger charge is 2.76. The molecule has 32 heavy (non-hydrogen) atoms. The molecule has 4 aliphatic rings. The molecule has 3 saturated heterocycles. The van der Waals surface area contributed by atoms with Crippen LogP contribution in [-0.4, -0.2) is 46.9 Å². The summed E-state index contributed by atoms with van der Waals surface area (Å²) in [6.45, 7) is 0.296. The molecule has 1 saturated carbocycles. The van der Waals surface area contributed by atoms with Crippen molar-refractivity contribution in [3.05, 3.63) is 71.3 Å². The van der Waals surface area contributed by atoms with E-state index in [9.17, 15) is 9.59 Å². The van der Waals surface area contributed by atoms with Gasteiger partial charge in [-0.25, -0.2) is 0 Å². The van der Waals surface area contributed by atoms with Crippen LogP contribution >= 0.6 is 0 Å². The molecule has 0 bridgehead atoms. The Morgan fingerprint density at radius 3 is 2.72 bits per heavy atom. The van der Waals surface area contributed by atoms with E-state index >= 15 is 0 Å². The fourth-order valence-corrected chi connectivity index (χ4v) is 5.33. The highest BCUT2D eigenvalue weighted by Crippen LogP contribution is 2.57. The van der Waals surface area contributed by atoms with Crippen molar-refractivity contribution in [3.63, 3.8) is 0 Å². The Morgan fingerprint density at radius 2 is 1.91 bits per heavy atom. The Hall–Kier alpha value is -3.18. The zero-order valence-corrected chi connectivity index (χ0v) is 17.3. The van der Waals surface area contributed by atoms with Crippen molar-refractivity contribution in [3.8, 4) is 11.8 Å². The predicted molar refractivity (Wildman–Crippen MR) is 112 cm³/mol. The number of nitrogens with two attached hydrogens (primary N) is 1. The van der Waals surface area contributed by atoms with Crippen molar-refractivity contribution in [2.45, 2.75) is 49.3 Å². The summed E-state index contributed by atoms with van der Waals surface area (Å²) >= 11 is 0. The first kappa shape index (κ1) is 19.5. The lowest BCUT2D eigenvalue weighted by Gasteiger charge is -2.34. The number of fused-ring (bicyclic) bond motifs is 2. The summed E-state index contributed by atoms with van der Waals surface area (Å²) in [7, 11) is 0. The van der Waals surface area contributed by atoms with Crippen LogP contribution in [0.5, 0.6) is 0 Å². The number of hydrogen-bond donors (Lipinski definition) is 1. The van der Waals surface area contributed by atoms with Crippen molar-refractivity contribution < 1.29 is 23.9 Å². The summed E-state index contributed by atoms with van der Waals surface area (Å²) in [6.07, 6.45) is 0.162. The van der Waals surface area contributed by atoms with E-state index in [1.54, 1.807) is 5.06 Å². The molecule has 2 aromatic rings. The van der Waals surface area contributed by atoms with Crippen LogP contribution in [0.4, 0.5) is 0 Å². The molecule has 4 fully saturated rings. The normalized spacial score (nSPS) is 34.1. The van der Waals surface area contributed by atoms with Crippen molar-refractivity contribution in [2.75, 3.05) is 0 Å². The first-order chi connectivity index (χ1) is 15.6. The van der Waals surface area contributed by atoms with E-state index in [0.29, 0.717) is 19.4 Å². The van der Waals surface area contributed by atoms with Gasteiger partial charge in [-0.1, -0.05) is 60.4 Å². The zero-order chi connectivity index (χ0) is 21.9. The van der Waals surface area contributed by atoms with Gasteiger partial charge >= 0.3 is 5.97 Å². The second-order valence-electron chi connectivity index (χ2n) is 8.76. The number of primary amides is 1. The number of ether oxygens (including phenoxy) is 2. The van der Waals surface area contributed by atoms with Crippen molar-refractivity contribution in [1.29, 1.82) is 0 Å². The molecule has 1 amide bonds. The molecule has 6 atom stereocenters. The van der Waals surface area contributed by atoms with Crippen LogP contribution in [0.15, 0.2) is 54.6 Å². The van der Waals surface area contributed by atoms with E-state index in [-0.39, 0.29) is 12.2 Å². The fraction of sp³-hybridized carbons (Fsp3) is 0.360. The summed E-state index contributed by atoms with van der Waals surface area (Å²) in [5.41, 5.74) is 7.41. The smallest absolute Gasteiger partial charge is 0.326 e. The Morgan fingerprint density at radius 1 is 1.12 bits per heavy atom. The Kier molecular flexibility index (Phi) is 4.37. The van der Waals surface area contributed by atoms with Gasteiger partial charge in [-0.15, -0.1) is 0 Å². The second kappa shape index (κ2) is 7.17. The van der Waals surface area contributed by atoms with Gasteiger partial charge in [0.15, 0.2) is 5.60 Å². The molecule has 7 heteroatoms. The van der Waals surface area contributed by atoms with Gasteiger partial charge in [0, 0.05) is 18.4 Å². The molecule has 162 valence electrons. The lowest BCUT2D eigenvalue weighted by Crippen LogP contribution is -2.57. The largest absolute Gasteiger partial charge is 0.458 e. The third-order valence-corrected chi connectivity index (χ3v) is 6.89. The maximum Gasteiger partial charge on any atom is 0.326 e.